The first-order valence-corrected chi connectivity index (χ1v) is 10.3. The number of hydrogen-bond donors (Lipinski definition) is 3. The SMILES string of the molecule is O=C(CN1C(=O)NC2(CCCC2)C1=O)NNC(=O)c1ccc(-c2ccc(F)cc2)s1. The number of amides is 5. The van der Waals surface area contributed by atoms with E-state index in [2.05, 4.69) is 16.2 Å². The fraction of sp³-hybridized carbons (Fsp3) is 0.300. The largest absolute Gasteiger partial charge is 0.325 e. The van der Waals surface area contributed by atoms with Crippen LogP contribution in [0.1, 0.15) is 35.4 Å². The van der Waals surface area contributed by atoms with Crippen LogP contribution in [0.15, 0.2) is 36.4 Å². The average molecular weight is 430 g/mol. The molecule has 156 valence electrons. The third kappa shape index (κ3) is 3.78. The van der Waals surface area contributed by atoms with Crippen LogP contribution in [0.3, 0.4) is 0 Å². The summed E-state index contributed by atoms with van der Waals surface area (Å²) in [4.78, 5) is 51.1. The van der Waals surface area contributed by atoms with Crippen molar-refractivity contribution in [1.82, 2.24) is 21.1 Å². The minimum atomic E-state index is -0.881. The molecule has 30 heavy (non-hydrogen) atoms. The van der Waals surface area contributed by atoms with E-state index >= 15 is 0 Å². The summed E-state index contributed by atoms with van der Waals surface area (Å²) in [6.07, 6.45) is 2.84. The van der Waals surface area contributed by atoms with E-state index in [4.69, 9.17) is 0 Å². The molecule has 5 amide bonds. The Bertz CT molecular complexity index is 1010. The normalized spacial score (nSPS) is 17.3. The molecular weight excluding hydrogens is 411 g/mol. The lowest BCUT2D eigenvalue weighted by atomic mass is 9.98. The number of benzene rings is 1. The number of nitrogens with one attached hydrogen (secondary N) is 3. The Hall–Kier alpha value is -3.27. The number of rotatable bonds is 4. The third-order valence-electron chi connectivity index (χ3n) is 5.28. The Morgan fingerprint density at radius 3 is 2.47 bits per heavy atom. The molecule has 1 saturated carbocycles. The van der Waals surface area contributed by atoms with E-state index in [9.17, 15) is 23.6 Å². The van der Waals surface area contributed by atoms with Crippen LogP contribution in [0.25, 0.3) is 10.4 Å². The fourth-order valence-corrected chi connectivity index (χ4v) is 4.64. The van der Waals surface area contributed by atoms with E-state index < -0.39 is 35.8 Å². The number of urea groups is 1. The highest BCUT2D eigenvalue weighted by molar-refractivity contribution is 7.17. The molecule has 1 aliphatic carbocycles. The Morgan fingerprint density at radius 1 is 1.07 bits per heavy atom. The number of nitrogens with zero attached hydrogens (tertiary/aromatic N) is 1. The number of thiophene rings is 1. The summed E-state index contributed by atoms with van der Waals surface area (Å²) in [5, 5.41) is 2.70. The number of carbonyl (C=O) groups is 4. The highest BCUT2D eigenvalue weighted by atomic mass is 32.1. The zero-order valence-corrected chi connectivity index (χ0v) is 16.7. The van der Waals surface area contributed by atoms with Gasteiger partial charge in [-0.05, 0) is 42.7 Å². The van der Waals surface area contributed by atoms with Crippen molar-refractivity contribution in [2.75, 3.05) is 6.54 Å². The van der Waals surface area contributed by atoms with Gasteiger partial charge in [-0.3, -0.25) is 30.1 Å². The number of carbonyl (C=O) groups excluding carboxylic acids is 4. The summed E-state index contributed by atoms with van der Waals surface area (Å²) in [7, 11) is 0. The van der Waals surface area contributed by atoms with Crippen molar-refractivity contribution in [3.63, 3.8) is 0 Å². The van der Waals surface area contributed by atoms with Crippen molar-refractivity contribution in [3.8, 4) is 10.4 Å². The maximum atomic E-state index is 13.0. The molecule has 10 heteroatoms. The molecule has 2 aromatic rings. The van der Waals surface area contributed by atoms with Gasteiger partial charge < -0.3 is 5.32 Å². The van der Waals surface area contributed by atoms with Crippen molar-refractivity contribution in [2.45, 2.75) is 31.2 Å². The predicted octanol–water partition coefficient (Wildman–Crippen LogP) is 2.18. The Labute approximate surface area is 175 Å². The summed E-state index contributed by atoms with van der Waals surface area (Å²) in [6, 6.07) is 8.61. The van der Waals surface area contributed by atoms with Crippen LogP contribution in [0.5, 0.6) is 0 Å². The van der Waals surface area contributed by atoms with Crippen LogP contribution < -0.4 is 16.2 Å². The molecule has 1 spiro atoms. The molecule has 2 fully saturated rings. The van der Waals surface area contributed by atoms with Gasteiger partial charge in [-0.15, -0.1) is 11.3 Å². The van der Waals surface area contributed by atoms with Gasteiger partial charge in [-0.25, -0.2) is 9.18 Å². The van der Waals surface area contributed by atoms with Crippen LogP contribution in [0, 0.1) is 5.82 Å². The van der Waals surface area contributed by atoms with Crippen LogP contribution in [0.4, 0.5) is 9.18 Å². The molecule has 0 unspecified atom stereocenters. The topological polar surface area (TPSA) is 108 Å². The van der Waals surface area contributed by atoms with E-state index in [0.29, 0.717) is 17.7 Å². The van der Waals surface area contributed by atoms with Crippen molar-refractivity contribution < 1.29 is 23.6 Å². The molecule has 8 nitrogen and oxygen atoms in total. The quantitative estimate of drug-likeness (QED) is 0.510. The molecule has 0 bridgehead atoms. The first-order chi connectivity index (χ1) is 14.4. The van der Waals surface area contributed by atoms with Crippen LogP contribution in [-0.2, 0) is 9.59 Å². The second-order valence-corrected chi connectivity index (χ2v) is 8.37. The lowest BCUT2D eigenvalue weighted by Crippen LogP contribution is -2.48. The van der Waals surface area contributed by atoms with Crippen LogP contribution >= 0.6 is 11.3 Å². The van der Waals surface area contributed by atoms with E-state index in [1.165, 1.54) is 23.5 Å². The molecule has 1 aromatic heterocycles. The maximum absolute atomic E-state index is 13.0. The zero-order valence-electron chi connectivity index (χ0n) is 15.9. The lowest BCUT2D eigenvalue weighted by Gasteiger charge is -2.19. The molecule has 0 radical (unpaired) electrons. The Morgan fingerprint density at radius 2 is 1.77 bits per heavy atom. The number of hydrogen-bond acceptors (Lipinski definition) is 5. The molecule has 3 N–H and O–H groups in total. The minimum Gasteiger partial charge on any atom is -0.323 e. The molecule has 0 atom stereocenters. The molecule has 1 aromatic carbocycles. The van der Waals surface area contributed by atoms with Gasteiger partial charge in [-0.1, -0.05) is 25.0 Å². The zero-order chi connectivity index (χ0) is 21.3. The molecule has 1 aliphatic heterocycles. The standard InChI is InChI=1S/C20H19FN4O4S/c21-13-5-3-12(4-6-13)14-7-8-15(30-14)17(27)24-23-16(26)11-25-18(28)20(22-19(25)29)9-1-2-10-20/h3-8H,1-2,9-11H2,(H,22,29)(H,23,26)(H,24,27). The van der Waals surface area contributed by atoms with Crippen molar-refractivity contribution in [1.29, 1.82) is 0 Å². The van der Waals surface area contributed by atoms with Crippen molar-refractivity contribution in [2.24, 2.45) is 0 Å². The second kappa shape index (κ2) is 7.86. The maximum Gasteiger partial charge on any atom is 0.325 e. The molecule has 2 heterocycles. The van der Waals surface area contributed by atoms with E-state index in [1.54, 1.807) is 24.3 Å². The van der Waals surface area contributed by atoms with Gasteiger partial charge in [0.25, 0.3) is 17.7 Å². The summed E-state index contributed by atoms with van der Waals surface area (Å²) in [5.74, 6) is -1.96. The van der Waals surface area contributed by atoms with Gasteiger partial charge in [-0.2, -0.15) is 0 Å². The predicted molar refractivity (Wildman–Crippen MR) is 107 cm³/mol. The highest BCUT2D eigenvalue weighted by Gasteiger charge is 2.52. The van der Waals surface area contributed by atoms with Gasteiger partial charge in [0.05, 0.1) is 4.88 Å². The van der Waals surface area contributed by atoms with Gasteiger partial charge in [0.15, 0.2) is 0 Å². The van der Waals surface area contributed by atoms with E-state index in [-0.39, 0.29) is 5.82 Å². The van der Waals surface area contributed by atoms with E-state index in [1.807, 2.05) is 0 Å². The second-order valence-electron chi connectivity index (χ2n) is 7.28. The summed E-state index contributed by atoms with van der Waals surface area (Å²) in [6.45, 7) is -0.474. The first-order valence-electron chi connectivity index (χ1n) is 9.47. The number of hydrazine groups is 1. The molecule has 1 saturated heterocycles. The fourth-order valence-electron chi connectivity index (χ4n) is 3.74. The van der Waals surface area contributed by atoms with Crippen LogP contribution in [0.2, 0.25) is 0 Å². The monoisotopic (exact) mass is 430 g/mol. The molecular formula is C20H19FN4O4S. The van der Waals surface area contributed by atoms with E-state index in [0.717, 1.165) is 28.2 Å². The Balaban J connectivity index is 1.32. The summed E-state index contributed by atoms with van der Waals surface area (Å²) in [5.41, 5.74) is 4.40. The van der Waals surface area contributed by atoms with Gasteiger partial charge in [0, 0.05) is 4.88 Å². The third-order valence-corrected chi connectivity index (χ3v) is 6.41. The lowest BCUT2D eigenvalue weighted by molar-refractivity contribution is -0.135. The first kappa shape index (κ1) is 20.0. The molecule has 2 aliphatic rings. The number of halogens is 1. The highest BCUT2D eigenvalue weighted by Crippen LogP contribution is 2.34. The van der Waals surface area contributed by atoms with Crippen molar-refractivity contribution >= 4 is 35.1 Å². The van der Waals surface area contributed by atoms with Gasteiger partial charge in [0.2, 0.25) is 0 Å². The van der Waals surface area contributed by atoms with Gasteiger partial charge in [0.1, 0.15) is 17.9 Å². The van der Waals surface area contributed by atoms with Crippen LogP contribution in [-0.4, -0.2) is 40.7 Å². The van der Waals surface area contributed by atoms with Gasteiger partial charge >= 0.3 is 6.03 Å². The minimum absolute atomic E-state index is 0.342. The average Bonchev–Trinajstić information content (AvgIpc) is 3.45. The van der Waals surface area contributed by atoms with Crippen molar-refractivity contribution in [3.05, 3.63) is 47.1 Å². The smallest absolute Gasteiger partial charge is 0.323 e. The molecule has 4 rings (SSSR count). The summed E-state index contributed by atoms with van der Waals surface area (Å²) < 4.78 is 13.0. The Kier molecular flexibility index (Phi) is 5.25. The summed E-state index contributed by atoms with van der Waals surface area (Å²) >= 11 is 1.18. The number of imide groups is 1.